The minimum Gasteiger partial charge on any atom is -0.466 e. The van der Waals surface area contributed by atoms with E-state index in [0.29, 0.717) is 60.9 Å². The van der Waals surface area contributed by atoms with Gasteiger partial charge in [-0.3, -0.25) is 4.79 Å². The van der Waals surface area contributed by atoms with E-state index < -0.39 is 5.97 Å². The lowest BCUT2D eigenvalue weighted by molar-refractivity contribution is -0.143. The molecule has 0 saturated carbocycles. The highest BCUT2D eigenvalue weighted by Gasteiger charge is 2.33. The molecule has 9 nitrogen and oxygen atoms in total. The molecule has 2 aliphatic carbocycles. The standard InChI is InChI=1S/C30H31N7O2/c1-29(2)11-20(24(17-33)22(12-29)21(15-31)16-32)7-6-10-39-28(38)8-9-37-26-14-30(3,4)13-23(25(26)18-34)27(19-35)36-5/h37H,6-14H2,1-4H3/b27-23+. The number of hydrogen-bond donors (Lipinski definition) is 1. The normalized spacial score (nSPS) is 18.8. The molecule has 0 atom stereocenters. The number of ether oxygens (including phenoxy) is 1. The Balaban J connectivity index is 2.00. The highest BCUT2D eigenvalue weighted by atomic mass is 16.5. The van der Waals surface area contributed by atoms with Crippen LogP contribution in [0.3, 0.4) is 0 Å². The van der Waals surface area contributed by atoms with E-state index in [9.17, 15) is 31.1 Å². The molecule has 0 aromatic carbocycles. The van der Waals surface area contributed by atoms with Crippen LogP contribution in [0.25, 0.3) is 4.85 Å². The van der Waals surface area contributed by atoms with Crippen molar-refractivity contribution in [2.75, 3.05) is 13.2 Å². The summed E-state index contributed by atoms with van der Waals surface area (Å²) < 4.78 is 5.37. The summed E-state index contributed by atoms with van der Waals surface area (Å²) in [5.41, 5.74) is 2.50. The molecule has 39 heavy (non-hydrogen) atoms. The van der Waals surface area contributed by atoms with Gasteiger partial charge in [0.2, 0.25) is 0 Å². The lowest BCUT2D eigenvalue weighted by Gasteiger charge is -2.33. The molecule has 0 amide bonds. The maximum Gasteiger partial charge on any atom is 0.307 e. The Morgan fingerprint density at radius 3 is 2.10 bits per heavy atom. The van der Waals surface area contributed by atoms with Crippen molar-refractivity contribution in [3.8, 4) is 30.3 Å². The summed E-state index contributed by atoms with van der Waals surface area (Å²) in [4.78, 5) is 15.6. The Bertz CT molecular complexity index is 1380. The monoisotopic (exact) mass is 521 g/mol. The van der Waals surface area contributed by atoms with Crippen LogP contribution in [0.5, 0.6) is 0 Å². The molecular formula is C30H31N7O2. The molecule has 9 heteroatoms. The molecule has 0 aromatic heterocycles. The Morgan fingerprint density at radius 2 is 1.54 bits per heavy atom. The second-order valence-electron chi connectivity index (χ2n) is 11.2. The van der Waals surface area contributed by atoms with E-state index in [1.807, 2.05) is 45.9 Å². The molecule has 0 saturated heterocycles. The van der Waals surface area contributed by atoms with E-state index in [0.717, 1.165) is 5.57 Å². The Morgan fingerprint density at radius 1 is 0.923 bits per heavy atom. The molecule has 0 spiro atoms. The molecule has 1 N–H and O–H groups in total. The van der Waals surface area contributed by atoms with Gasteiger partial charge in [-0.15, -0.1) is 0 Å². The number of hydrogen-bond acceptors (Lipinski definition) is 8. The second-order valence-corrected chi connectivity index (χ2v) is 11.2. The summed E-state index contributed by atoms with van der Waals surface area (Å²) >= 11 is 0. The fourth-order valence-electron chi connectivity index (χ4n) is 5.13. The van der Waals surface area contributed by atoms with Gasteiger partial charge in [-0.25, -0.2) is 10.1 Å². The van der Waals surface area contributed by atoms with Crippen molar-refractivity contribution in [3.63, 3.8) is 0 Å². The van der Waals surface area contributed by atoms with Crippen molar-refractivity contribution >= 4 is 5.97 Å². The van der Waals surface area contributed by atoms with Crippen molar-refractivity contribution in [1.82, 2.24) is 5.32 Å². The maximum absolute atomic E-state index is 12.3. The van der Waals surface area contributed by atoms with Crippen molar-refractivity contribution < 1.29 is 9.53 Å². The van der Waals surface area contributed by atoms with Gasteiger partial charge in [0.1, 0.15) is 17.7 Å². The van der Waals surface area contributed by atoms with Gasteiger partial charge in [0, 0.05) is 12.2 Å². The third-order valence-electron chi connectivity index (χ3n) is 6.72. The number of nitrogens with one attached hydrogen (secondary N) is 1. The van der Waals surface area contributed by atoms with Crippen LogP contribution in [0.1, 0.15) is 72.6 Å². The molecular weight excluding hydrogens is 490 g/mol. The highest BCUT2D eigenvalue weighted by molar-refractivity contribution is 5.69. The molecule has 0 fully saturated rings. The zero-order valence-electron chi connectivity index (χ0n) is 22.9. The number of carbonyl (C=O) groups excluding carboxylic acids is 1. The first kappa shape index (κ1) is 30.4. The average Bonchev–Trinajstić information content (AvgIpc) is 2.87. The second kappa shape index (κ2) is 13.1. The minimum atomic E-state index is -0.415. The summed E-state index contributed by atoms with van der Waals surface area (Å²) in [5.74, 6) is -0.415. The van der Waals surface area contributed by atoms with Crippen LogP contribution in [-0.4, -0.2) is 19.1 Å². The molecule has 2 aliphatic rings. The zero-order valence-corrected chi connectivity index (χ0v) is 22.9. The molecule has 0 unspecified atom stereocenters. The van der Waals surface area contributed by atoms with Crippen LogP contribution < -0.4 is 5.32 Å². The molecule has 2 rings (SSSR count). The van der Waals surface area contributed by atoms with Crippen LogP contribution >= 0.6 is 0 Å². The van der Waals surface area contributed by atoms with Crippen LogP contribution in [0, 0.1) is 74.1 Å². The van der Waals surface area contributed by atoms with E-state index in [1.165, 1.54) is 0 Å². The van der Waals surface area contributed by atoms with Crippen molar-refractivity contribution in [2.24, 2.45) is 10.8 Å². The predicted molar refractivity (Wildman–Crippen MR) is 142 cm³/mol. The summed E-state index contributed by atoms with van der Waals surface area (Å²) in [5, 5.41) is 50.5. The Hall–Kier alpha value is -4.83. The van der Waals surface area contributed by atoms with E-state index in [-0.39, 0.29) is 47.2 Å². The Kier molecular flexibility index (Phi) is 10.2. The van der Waals surface area contributed by atoms with Gasteiger partial charge in [0.25, 0.3) is 5.70 Å². The number of nitriles is 5. The third kappa shape index (κ3) is 7.83. The van der Waals surface area contributed by atoms with Crippen LogP contribution in [0.4, 0.5) is 0 Å². The van der Waals surface area contributed by atoms with Gasteiger partial charge in [0.05, 0.1) is 49.0 Å². The lowest BCUT2D eigenvalue weighted by atomic mass is 9.70. The van der Waals surface area contributed by atoms with Crippen LogP contribution in [0.15, 0.2) is 44.8 Å². The van der Waals surface area contributed by atoms with Gasteiger partial charge in [-0.1, -0.05) is 33.3 Å². The largest absolute Gasteiger partial charge is 0.466 e. The minimum absolute atomic E-state index is 0.0349. The first-order chi connectivity index (χ1) is 18.4. The molecule has 198 valence electrons. The molecule has 0 heterocycles. The van der Waals surface area contributed by atoms with Crippen LogP contribution in [-0.2, 0) is 9.53 Å². The average molecular weight is 522 g/mol. The van der Waals surface area contributed by atoms with Gasteiger partial charge in [-0.2, -0.15) is 21.0 Å². The van der Waals surface area contributed by atoms with Gasteiger partial charge < -0.3 is 10.1 Å². The van der Waals surface area contributed by atoms with E-state index in [1.54, 1.807) is 0 Å². The number of esters is 1. The van der Waals surface area contributed by atoms with Crippen LogP contribution in [0.2, 0.25) is 0 Å². The molecule has 0 bridgehead atoms. The molecule has 0 aromatic rings. The van der Waals surface area contributed by atoms with Gasteiger partial charge in [-0.05, 0) is 60.5 Å². The van der Waals surface area contributed by atoms with E-state index in [2.05, 4.69) is 22.3 Å². The first-order valence-corrected chi connectivity index (χ1v) is 12.7. The highest BCUT2D eigenvalue weighted by Crippen LogP contribution is 2.44. The van der Waals surface area contributed by atoms with E-state index in [4.69, 9.17) is 11.3 Å². The number of nitrogens with zero attached hydrogens (tertiary/aromatic N) is 6. The molecule has 0 aliphatic heterocycles. The molecule has 0 radical (unpaired) electrons. The first-order valence-electron chi connectivity index (χ1n) is 12.7. The topological polar surface area (TPSA) is 162 Å². The SMILES string of the molecule is [C-]#[N+]/C(C#N)=C1\CC(C)(C)CC(NCCC(=O)OCCCC2=C(C#N)C(=C(C#N)C#N)CC(C)(C)C2)=C1C#N. The fourth-order valence-corrected chi connectivity index (χ4v) is 5.13. The summed E-state index contributed by atoms with van der Waals surface area (Å²) in [6.45, 7) is 15.7. The quantitative estimate of drug-likeness (QED) is 0.188. The summed E-state index contributed by atoms with van der Waals surface area (Å²) in [7, 11) is 0. The lowest BCUT2D eigenvalue weighted by Crippen LogP contribution is -2.29. The summed E-state index contributed by atoms with van der Waals surface area (Å²) in [6, 6.07) is 9.97. The summed E-state index contributed by atoms with van der Waals surface area (Å²) in [6.07, 6.45) is 3.20. The van der Waals surface area contributed by atoms with Gasteiger partial charge in [0.15, 0.2) is 0 Å². The zero-order chi connectivity index (χ0) is 29.2. The van der Waals surface area contributed by atoms with Crippen molar-refractivity contribution in [2.45, 2.75) is 72.6 Å². The van der Waals surface area contributed by atoms with Crippen molar-refractivity contribution in [1.29, 1.82) is 26.3 Å². The maximum atomic E-state index is 12.3. The number of rotatable bonds is 8. The smallest absolute Gasteiger partial charge is 0.307 e. The number of allylic oxidation sites excluding steroid dienone is 8. The predicted octanol–water partition coefficient (Wildman–Crippen LogP) is 5.57. The van der Waals surface area contributed by atoms with Crippen molar-refractivity contribution in [3.05, 3.63) is 56.2 Å². The van der Waals surface area contributed by atoms with E-state index >= 15 is 0 Å². The fraction of sp³-hybridized carbons (Fsp3) is 0.500. The number of carbonyl (C=O) groups is 1. The third-order valence-corrected chi connectivity index (χ3v) is 6.72. The Labute approximate surface area is 230 Å². The van der Waals surface area contributed by atoms with Gasteiger partial charge >= 0.3 is 5.97 Å².